The van der Waals surface area contributed by atoms with E-state index in [1.807, 2.05) is 13.8 Å². The number of benzene rings is 1. The van der Waals surface area contributed by atoms with Crippen LogP contribution in [0.5, 0.6) is 0 Å². The Balaban J connectivity index is 0.000000309. The number of unbranched alkanes of at least 4 members (excludes halogenated alkanes) is 1. The largest absolute Gasteiger partial charge is 0.299 e. The van der Waals surface area contributed by atoms with Gasteiger partial charge in [0.15, 0.2) is 0 Å². The Hall–Kier alpha value is -2.50. The van der Waals surface area contributed by atoms with E-state index >= 15 is 0 Å². The molecule has 0 saturated carbocycles. The highest BCUT2D eigenvalue weighted by molar-refractivity contribution is 6.14. The average Bonchev–Trinajstić information content (AvgIpc) is 2.89. The van der Waals surface area contributed by atoms with Crippen molar-refractivity contribution >= 4 is 23.5 Å². The smallest absolute Gasteiger partial charge is 0.259 e. The van der Waals surface area contributed by atoms with Gasteiger partial charge in [-0.25, -0.2) is 0 Å². The molecule has 0 aromatic heterocycles. The highest BCUT2D eigenvalue weighted by atomic mass is 16.2. The number of rotatable bonds is 7. The molecule has 1 saturated heterocycles. The number of ketones is 1. The van der Waals surface area contributed by atoms with Crippen LogP contribution in [0, 0.1) is 11.8 Å². The number of carbonyl (C=O) groups excluding carboxylic acids is 4. The molecule has 1 aliphatic heterocycles. The number of carbonyl (C=O) groups is 4. The second kappa shape index (κ2) is 11.3. The zero-order chi connectivity index (χ0) is 20.4. The lowest BCUT2D eigenvalue weighted by Gasteiger charge is -2.14. The normalized spacial score (nSPS) is 16.2. The Kier molecular flexibility index (Phi) is 9.40. The molecular formula is C21H30N2O4. The van der Waals surface area contributed by atoms with E-state index in [9.17, 15) is 19.2 Å². The van der Waals surface area contributed by atoms with Crippen LogP contribution >= 0.6 is 0 Å². The Labute approximate surface area is 161 Å². The molecule has 1 fully saturated rings. The van der Waals surface area contributed by atoms with Gasteiger partial charge in [0.1, 0.15) is 11.7 Å². The standard InChI is InChI=1S/C11H16N2O4.C10H14/c1-6(2)4-9(15)8-5-10(16)13(11(8)17)12-7(3)14;1-2-3-7-10-8-5-4-6-9-10/h6,8H,4-5H2,1-3H3,(H,12,14);4-6,8-9H,2-3,7H2,1H3. The van der Waals surface area contributed by atoms with E-state index in [1.54, 1.807) is 0 Å². The monoisotopic (exact) mass is 374 g/mol. The molecule has 0 radical (unpaired) electrons. The summed E-state index contributed by atoms with van der Waals surface area (Å²) in [6, 6.07) is 10.6. The average molecular weight is 374 g/mol. The molecule has 1 aromatic rings. The summed E-state index contributed by atoms with van der Waals surface area (Å²) in [5.74, 6) is -2.71. The first kappa shape index (κ1) is 22.5. The first-order valence-corrected chi connectivity index (χ1v) is 9.46. The molecule has 6 heteroatoms. The lowest BCUT2D eigenvalue weighted by Crippen LogP contribution is -2.45. The third-order valence-electron chi connectivity index (χ3n) is 4.08. The number of nitrogens with zero attached hydrogens (tertiary/aromatic N) is 1. The number of Topliss-reactive ketones (excluding diaryl/α,β-unsaturated/α-hetero) is 1. The summed E-state index contributed by atoms with van der Waals surface area (Å²) >= 11 is 0. The van der Waals surface area contributed by atoms with Gasteiger partial charge in [-0.2, -0.15) is 5.01 Å². The lowest BCUT2D eigenvalue weighted by molar-refractivity contribution is -0.148. The molecule has 0 aliphatic carbocycles. The Morgan fingerprint density at radius 1 is 1.19 bits per heavy atom. The number of hydrogen-bond donors (Lipinski definition) is 1. The summed E-state index contributed by atoms with van der Waals surface area (Å²) in [6.45, 7) is 7.15. The summed E-state index contributed by atoms with van der Waals surface area (Å²) < 4.78 is 0. The van der Waals surface area contributed by atoms with Gasteiger partial charge in [0.2, 0.25) is 11.8 Å². The van der Waals surface area contributed by atoms with E-state index < -0.39 is 23.6 Å². The second-order valence-corrected chi connectivity index (χ2v) is 7.15. The predicted octanol–water partition coefficient (Wildman–Crippen LogP) is 3.06. The van der Waals surface area contributed by atoms with Gasteiger partial charge in [-0.1, -0.05) is 57.5 Å². The van der Waals surface area contributed by atoms with Gasteiger partial charge >= 0.3 is 0 Å². The summed E-state index contributed by atoms with van der Waals surface area (Å²) in [5, 5.41) is 0.644. The van der Waals surface area contributed by atoms with Crippen LogP contribution in [-0.2, 0) is 25.6 Å². The topological polar surface area (TPSA) is 83.6 Å². The molecule has 2 rings (SSSR count). The van der Waals surface area contributed by atoms with E-state index in [4.69, 9.17) is 0 Å². The van der Waals surface area contributed by atoms with Crippen molar-refractivity contribution < 1.29 is 19.2 Å². The fourth-order valence-corrected chi connectivity index (χ4v) is 2.73. The molecule has 148 valence electrons. The third kappa shape index (κ3) is 7.72. The van der Waals surface area contributed by atoms with Crippen molar-refractivity contribution in [2.45, 2.75) is 59.8 Å². The molecule has 1 heterocycles. The molecule has 27 heavy (non-hydrogen) atoms. The maximum absolute atomic E-state index is 11.7. The van der Waals surface area contributed by atoms with Crippen molar-refractivity contribution in [1.29, 1.82) is 0 Å². The zero-order valence-corrected chi connectivity index (χ0v) is 16.7. The van der Waals surface area contributed by atoms with Gasteiger partial charge in [-0.3, -0.25) is 24.6 Å². The number of hydrazine groups is 1. The molecule has 1 unspecified atom stereocenters. The number of aryl methyl sites for hydroxylation is 1. The quantitative estimate of drug-likeness (QED) is 0.587. The zero-order valence-electron chi connectivity index (χ0n) is 16.7. The van der Waals surface area contributed by atoms with Crippen molar-refractivity contribution in [1.82, 2.24) is 10.4 Å². The van der Waals surface area contributed by atoms with Crippen molar-refractivity contribution in [3.63, 3.8) is 0 Å². The van der Waals surface area contributed by atoms with Gasteiger partial charge in [-0.15, -0.1) is 0 Å². The van der Waals surface area contributed by atoms with E-state index in [-0.39, 0.29) is 24.5 Å². The number of imide groups is 1. The van der Waals surface area contributed by atoms with Crippen LogP contribution < -0.4 is 5.43 Å². The minimum absolute atomic E-state index is 0.139. The molecule has 1 atom stereocenters. The van der Waals surface area contributed by atoms with Crippen LogP contribution in [0.1, 0.15) is 58.9 Å². The van der Waals surface area contributed by atoms with Crippen molar-refractivity contribution in [3.05, 3.63) is 35.9 Å². The van der Waals surface area contributed by atoms with E-state index in [0.29, 0.717) is 5.01 Å². The van der Waals surface area contributed by atoms with Gasteiger partial charge in [-0.05, 0) is 24.3 Å². The second-order valence-electron chi connectivity index (χ2n) is 7.15. The molecule has 6 nitrogen and oxygen atoms in total. The molecule has 1 N–H and O–H groups in total. The first-order chi connectivity index (χ1) is 12.8. The van der Waals surface area contributed by atoms with Crippen molar-refractivity contribution in [2.24, 2.45) is 11.8 Å². The lowest BCUT2D eigenvalue weighted by atomic mass is 9.95. The van der Waals surface area contributed by atoms with Gasteiger partial charge in [0.05, 0.1) is 0 Å². The van der Waals surface area contributed by atoms with Crippen molar-refractivity contribution in [2.75, 3.05) is 0 Å². The molecule has 1 aliphatic rings. The maximum Gasteiger partial charge on any atom is 0.259 e. The number of amides is 3. The van der Waals surface area contributed by atoms with E-state index in [2.05, 4.69) is 42.7 Å². The first-order valence-electron chi connectivity index (χ1n) is 9.46. The van der Waals surface area contributed by atoms with Crippen LogP contribution in [0.2, 0.25) is 0 Å². The molecule has 0 bridgehead atoms. The Morgan fingerprint density at radius 2 is 1.81 bits per heavy atom. The van der Waals surface area contributed by atoms with Crippen LogP contribution in [0.4, 0.5) is 0 Å². The summed E-state index contributed by atoms with van der Waals surface area (Å²) in [6.07, 6.45) is 3.94. The summed E-state index contributed by atoms with van der Waals surface area (Å²) in [4.78, 5) is 45.7. The minimum atomic E-state index is -0.934. The molecule has 1 aromatic carbocycles. The fraction of sp³-hybridized carbons (Fsp3) is 0.524. The third-order valence-corrected chi connectivity index (χ3v) is 4.08. The molecule has 3 amide bonds. The SMILES string of the molecule is CC(=O)NN1C(=O)CC(C(=O)CC(C)C)C1=O.CCCCc1ccccc1. The summed E-state index contributed by atoms with van der Waals surface area (Å²) in [5.41, 5.74) is 3.58. The van der Waals surface area contributed by atoms with Crippen LogP contribution in [0.25, 0.3) is 0 Å². The van der Waals surface area contributed by atoms with Crippen LogP contribution in [0.15, 0.2) is 30.3 Å². The van der Waals surface area contributed by atoms with E-state index in [0.717, 1.165) is 0 Å². The summed E-state index contributed by atoms with van der Waals surface area (Å²) in [7, 11) is 0. The van der Waals surface area contributed by atoms with Crippen LogP contribution in [0.3, 0.4) is 0 Å². The Bertz CT molecular complexity index is 655. The number of nitrogens with one attached hydrogen (secondary N) is 1. The molecular weight excluding hydrogens is 344 g/mol. The highest BCUT2D eigenvalue weighted by Crippen LogP contribution is 2.21. The predicted molar refractivity (Wildman–Crippen MR) is 103 cm³/mol. The van der Waals surface area contributed by atoms with Gasteiger partial charge in [0, 0.05) is 19.8 Å². The van der Waals surface area contributed by atoms with Gasteiger partial charge in [0.25, 0.3) is 5.91 Å². The number of hydrogen-bond acceptors (Lipinski definition) is 4. The minimum Gasteiger partial charge on any atom is -0.299 e. The Morgan fingerprint density at radius 3 is 2.33 bits per heavy atom. The highest BCUT2D eigenvalue weighted by Gasteiger charge is 2.43. The fourth-order valence-electron chi connectivity index (χ4n) is 2.73. The molecule has 0 spiro atoms. The van der Waals surface area contributed by atoms with E-state index in [1.165, 1.54) is 31.7 Å². The van der Waals surface area contributed by atoms with Gasteiger partial charge < -0.3 is 0 Å². The maximum atomic E-state index is 11.7. The van der Waals surface area contributed by atoms with Crippen LogP contribution in [-0.4, -0.2) is 28.5 Å². The van der Waals surface area contributed by atoms with Crippen molar-refractivity contribution in [3.8, 4) is 0 Å².